The van der Waals surface area contributed by atoms with Crippen LogP contribution >= 0.6 is 0 Å². The van der Waals surface area contributed by atoms with Crippen molar-refractivity contribution < 1.29 is 19.2 Å². The van der Waals surface area contributed by atoms with Crippen molar-refractivity contribution >= 4 is 17.5 Å². The first kappa shape index (κ1) is 17.9. The van der Waals surface area contributed by atoms with E-state index in [1.165, 1.54) is 30.2 Å². The second kappa shape index (κ2) is 7.43. The lowest BCUT2D eigenvalue weighted by Crippen LogP contribution is -2.26. The maximum atomic E-state index is 12.6. The Morgan fingerprint density at radius 1 is 1.20 bits per heavy atom. The molecule has 0 radical (unpaired) electrons. The predicted molar refractivity (Wildman–Crippen MR) is 90.4 cm³/mol. The topological polar surface area (TPSA) is 116 Å². The number of carbonyl (C=O) groups excluding carboxylic acids is 2. The molecule has 25 heavy (non-hydrogen) atoms. The Bertz CT molecular complexity index is 818. The maximum Gasteiger partial charge on any atom is 0.270 e. The maximum absolute atomic E-state index is 12.6. The monoisotopic (exact) mass is 343 g/mol. The average Bonchev–Trinajstić information content (AvgIpc) is 2.60. The Balaban J connectivity index is 2.23. The SMILES string of the molecule is COc1ccc([N+](=O)[O-])cc1C(=O)N(C)Cc1ccc(C(N)=O)cc1. The summed E-state index contributed by atoms with van der Waals surface area (Å²) in [6, 6.07) is 10.4. The fourth-order valence-corrected chi connectivity index (χ4v) is 2.30. The Morgan fingerprint density at radius 2 is 1.84 bits per heavy atom. The van der Waals surface area contributed by atoms with Crippen LogP contribution in [0.2, 0.25) is 0 Å². The highest BCUT2D eigenvalue weighted by atomic mass is 16.6. The van der Waals surface area contributed by atoms with Crippen LogP contribution in [0.4, 0.5) is 5.69 Å². The van der Waals surface area contributed by atoms with E-state index in [0.29, 0.717) is 5.56 Å². The van der Waals surface area contributed by atoms with Gasteiger partial charge in [0.05, 0.1) is 17.6 Å². The van der Waals surface area contributed by atoms with Crippen LogP contribution in [0.3, 0.4) is 0 Å². The number of benzene rings is 2. The molecular formula is C17H17N3O5. The van der Waals surface area contributed by atoms with E-state index in [0.717, 1.165) is 5.56 Å². The van der Waals surface area contributed by atoms with E-state index >= 15 is 0 Å². The molecule has 0 spiro atoms. The van der Waals surface area contributed by atoms with Gasteiger partial charge in [-0.15, -0.1) is 0 Å². The van der Waals surface area contributed by atoms with E-state index in [9.17, 15) is 19.7 Å². The molecule has 0 atom stereocenters. The van der Waals surface area contributed by atoms with E-state index in [-0.39, 0.29) is 23.5 Å². The molecule has 0 fully saturated rings. The largest absolute Gasteiger partial charge is 0.496 e. The van der Waals surface area contributed by atoms with Crippen LogP contribution < -0.4 is 10.5 Å². The molecule has 0 aliphatic heterocycles. The lowest BCUT2D eigenvalue weighted by molar-refractivity contribution is -0.384. The number of rotatable bonds is 6. The number of ether oxygens (including phenoxy) is 1. The van der Waals surface area contributed by atoms with Crippen molar-refractivity contribution in [1.29, 1.82) is 0 Å². The van der Waals surface area contributed by atoms with Crippen LogP contribution in [-0.4, -0.2) is 35.8 Å². The summed E-state index contributed by atoms with van der Waals surface area (Å²) in [4.78, 5) is 35.5. The first-order valence-electron chi connectivity index (χ1n) is 7.30. The van der Waals surface area contributed by atoms with Crippen molar-refractivity contribution in [2.24, 2.45) is 5.73 Å². The van der Waals surface area contributed by atoms with Gasteiger partial charge in [-0.1, -0.05) is 12.1 Å². The van der Waals surface area contributed by atoms with Crippen molar-refractivity contribution in [3.05, 3.63) is 69.3 Å². The third-order valence-corrected chi connectivity index (χ3v) is 3.63. The lowest BCUT2D eigenvalue weighted by atomic mass is 10.1. The molecule has 0 bridgehead atoms. The highest BCUT2D eigenvalue weighted by molar-refractivity contribution is 5.97. The van der Waals surface area contributed by atoms with E-state index in [4.69, 9.17) is 10.5 Å². The van der Waals surface area contributed by atoms with Crippen LogP contribution in [0.5, 0.6) is 5.75 Å². The molecule has 8 heteroatoms. The number of nitrogens with two attached hydrogens (primary N) is 1. The van der Waals surface area contributed by atoms with Gasteiger partial charge in [0, 0.05) is 31.3 Å². The summed E-state index contributed by atoms with van der Waals surface area (Å²) in [6.45, 7) is 0.254. The second-order valence-electron chi connectivity index (χ2n) is 5.36. The van der Waals surface area contributed by atoms with E-state index in [1.54, 1.807) is 31.3 Å². The highest BCUT2D eigenvalue weighted by Gasteiger charge is 2.20. The van der Waals surface area contributed by atoms with Gasteiger partial charge in [-0.3, -0.25) is 19.7 Å². The molecular weight excluding hydrogens is 326 g/mol. The number of methoxy groups -OCH3 is 1. The van der Waals surface area contributed by atoms with Crippen LogP contribution in [0, 0.1) is 10.1 Å². The number of primary amides is 1. The Labute approximate surface area is 144 Å². The predicted octanol–water partition coefficient (Wildman–Crippen LogP) is 1.97. The molecule has 2 aromatic rings. The summed E-state index contributed by atoms with van der Waals surface area (Å²) in [5.41, 5.74) is 6.26. The van der Waals surface area contributed by atoms with Gasteiger partial charge in [0.25, 0.3) is 11.6 Å². The molecule has 0 saturated carbocycles. The quantitative estimate of drug-likeness (QED) is 0.636. The number of non-ortho nitro benzene ring substituents is 1. The van der Waals surface area contributed by atoms with Gasteiger partial charge >= 0.3 is 0 Å². The summed E-state index contributed by atoms with van der Waals surface area (Å²) in [5.74, 6) is -0.691. The van der Waals surface area contributed by atoms with Crippen LogP contribution in [0.1, 0.15) is 26.3 Å². The highest BCUT2D eigenvalue weighted by Crippen LogP contribution is 2.25. The molecule has 0 aliphatic rings. The molecule has 8 nitrogen and oxygen atoms in total. The van der Waals surface area contributed by atoms with Gasteiger partial charge in [0.1, 0.15) is 5.75 Å². The molecule has 2 N–H and O–H groups in total. The summed E-state index contributed by atoms with van der Waals surface area (Å²) in [6.07, 6.45) is 0. The standard InChI is InChI=1S/C17H17N3O5/c1-19(10-11-3-5-12(6-4-11)16(18)21)17(22)14-9-13(20(23)24)7-8-15(14)25-2/h3-9H,10H2,1-2H3,(H2,18,21). The molecule has 0 heterocycles. The first-order valence-corrected chi connectivity index (χ1v) is 7.30. The van der Waals surface area contributed by atoms with Gasteiger partial charge in [0.15, 0.2) is 0 Å². The number of hydrogen-bond donors (Lipinski definition) is 1. The molecule has 2 aromatic carbocycles. The molecule has 0 unspecified atom stereocenters. The molecule has 2 rings (SSSR count). The third kappa shape index (κ3) is 4.11. The number of nitro groups is 1. The normalized spacial score (nSPS) is 10.2. The van der Waals surface area contributed by atoms with Crippen LogP contribution in [0.15, 0.2) is 42.5 Å². The van der Waals surface area contributed by atoms with E-state index in [1.807, 2.05) is 0 Å². The van der Waals surface area contributed by atoms with Crippen molar-refractivity contribution in [2.75, 3.05) is 14.2 Å². The minimum absolute atomic E-state index is 0.105. The van der Waals surface area contributed by atoms with Crippen LogP contribution in [0.25, 0.3) is 0 Å². The molecule has 0 aromatic heterocycles. The van der Waals surface area contributed by atoms with Gasteiger partial charge in [-0.05, 0) is 23.8 Å². The summed E-state index contributed by atoms with van der Waals surface area (Å²) in [7, 11) is 2.96. The zero-order valence-corrected chi connectivity index (χ0v) is 13.8. The zero-order chi connectivity index (χ0) is 18.6. The fourth-order valence-electron chi connectivity index (χ4n) is 2.30. The van der Waals surface area contributed by atoms with Gasteiger partial charge in [-0.2, -0.15) is 0 Å². The number of carbonyl (C=O) groups is 2. The Kier molecular flexibility index (Phi) is 5.33. The van der Waals surface area contributed by atoms with Crippen molar-refractivity contribution in [2.45, 2.75) is 6.54 Å². The summed E-state index contributed by atoms with van der Waals surface area (Å²) < 4.78 is 5.12. The Hall–Kier alpha value is -3.42. The molecule has 0 aliphatic carbocycles. The lowest BCUT2D eigenvalue weighted by Gasteiger charge is -2.19. The van der Waals surface area contributed by atoms with E-state index in [2.05, 4.69) is 0 Å². The van der Waals surface area contributed by atoms with Crippen molar-refractivity contribution in [1.82, 2.24) is 4.90 Å². The van der Waals surface area contributed by atoms with Gasteiger partial charge < -0.3 is 15.4 Å². The molecule has 2 amide bonds. The van der Waals surface area contributed by atoms with Gasteiger partial charge in [0.2, 0.25) is 5.91 Å². The zero-order valence-electron chi connectivity index (χ0n) is 13.8. The van der Waals surface area contributed by atoms with Crippen LogP contribution in [-0.2, 0) is 6.54 Å². The summed E-state index contributed by atoms with van der Waals surface area (Å²) >= 11 is 0. The third-order valence-electron chi connectivity index (χ3n) is 3.63. The van der Waals surface area contributed by atoms with Gasteiger partial charge in [-0.25, -0.2) is 0 Å². The van der Waals surface area contributed by atoms with Crippen molar-refractivity contribution in [3.8, 4) is 5.75 Å². The van der Waals surface area contributed by atoms with E-state index < -0.39 is 16.7 Å². The number of nitro benzene ring substituents is 1. The Morgan fingerprint density at radius 3 is 2.36 bits per heavy atom. The number of nitrogens with zero attached hydrogens (tertiary/aromatic N) is 2. The average molecular weight is 343 g/mol. The smallest absolute Gasteiger partial charge is 0.270 e. The number of hydrogen-bond acceptors (Lipinski definition) is 5. The molecule has 0 saturated heterocycles. The first-order chi connectivity index (χ1) is 11.8. The summed E-state index contributed by atoms with van der Waals surface area (Å²) in [5, 5.41) is 10.9. The fraction of sp³-hybridized carbons (Fsp3) is 0.176. The molecule has 130 valence electrons. The minimum Gasteiger partial charge on any atom is -0.496 e. The number of amides is 2. The second-order valence-corrected chi connectivity index (χ2v) is 5.36. The minimum atomic E-state index is -0.571. The van der Waals surface area contributed by atoms with Crippen molar-refractivity contribution in [3.63, 3.8) is 0 Å².